The molecule has 0 aromatic carbocycles. The first kappa shape index (κ1) is 13.4. The van der Waals surface area contributed by atoms with Gasteiger partial charge in [-0.05, 0) is 17.7 Å². The van der Waals surface area contributed by atoms with Crippen LogP contribution in [-0.4, -0.2) is 29.8 Å². The Bertz CT molecular complexity index is 513. The summed E-state index contributed by atoms with van der Waals surface area (Å²) in [5.74, 6) is -2.66. The molecule has 19 heavy (non-hydrogen) atoms. The molecule has 0 bridgehead atoms. The molecule has 0 atom stereocenters. The molecule has 1 aromatic heterocycles. The van der Waals surface area contributed by atoms with Gasteiger partial charge in [0.1, 0.15) is 5.76 Å². The summed E-state index contributed by atoms with van der Waals surface area (Å²) in [5, 5.41) is 3.31. The second-order valence-electron chi connectivity index (χ2n) is 4.30. The van der Waals surface area contributed by atoms with Gasteiger partial charge in [0.25, 0.3) is 11.8 Å². The molecular weight excluding hydrogens is 258 g/mol. The lowest BCUT2D eigenvalue weighted by molar-refractivity contribution is -0.0498. The van der Waals surface area contributed by atoms with E-state index in [1.165, 1.54) is 17.0 Å². The predicted octanol–water partition coefficient (Wildman–Crippen LogP) is 2.96. The van der Waals surface area contributed by atoms with Crippen molar-refractivity contribution < 1.29 is 18.0 Å². The first-order valence-electron chi connectivity index (χ1n) is 5.78. The summed E-state index contributed by atoms with van der Waals surface area (Å²) in [6.07, 6.45) is -0.657. The molecule has 0 radical (unpaired) electrons. The van der Waals surface area contributed by atoms with Gasteiger partial charge < -0.3 is 9.32 Å². The van der Waals surface area contributed by atoms with Crippen LogP contribution in [0, 0.1) is 0 Å². The van der Waals surface area contributed by atoms with Crippen LogP contribution in [0.25, 0.3) is 10.4 Å². The first-order valence-corrected chi connectivity index (χ1v) is 5.78. The molecule has 0 saturated carbocycles. The monoisotopic (exact) mass is 270 g/mol. The van der Waals surface area contributed by atoms with Crippen molar-refractivity contribution in [3.05, 3.63) is 34.1 Å². The van der Waals surface area contributed by atoms with Crippen LogP contribution in [0.5, 0.6) is 0 Å². The van der Waals surface area contributed by atoms with Crippen LogP contribution in [-0.2, 0) is 6.54 Å². The van der Waals surface area contributed by atoms with Crippen molar-refractivity contribution >= 4 is 5.91 Å². The van der Waals surface area contributed by atoms with Crippen molar-refractivity contribution in [1.29, 1.82) is 0 Å². The lowest BCUT2D eigenvalue weighted by Crippen LogP contribution is -2.42. The summed E-state index contributed by atoms with van der Waals surface area (Å²) in [7, 11) is 0. The Labute approximate surface area is 107 Å². The number of amides is 1. The highest BCUT2D eigenvalue weighted by atomic mass is 19.3. The molecule has 0 N–H and O–H groups in total. The topological polar surface area (TPSA) is 82.2 Å². The summed E-state index contributed by atoms with van der Waals surface area (Å²) in [6.45, 7) is 0.0400. The van der Waals surface area contributed by atoms with Crippen molar-refractivity contribution in [3.63, 3.8) is 0 Å². The van der Waals surface area contributed by atoms with E-state index in [-0.39, 0.29) is 38.2 Å². The maximum absolute atomic E-state index is 13.0. The highest BCUT2D eigenvalue weighted by molar-refractivity contribution is 5.91. The van der Waals surface area contributed by atoms with E-state index in [1.807, 2.05) is 0 Å². The largest absolute Gasteiger partial charge is 0.456 e. The smallest absolute Gasteiger partial charge is 0.289 e. The lowest BCUT2D eigenvalue weighted by atomic mass is 10.1. The number of carbonyl (C=O) groups is 1. The number of furan rings is 1. The molecular formula is C11H12F2N4O2. The lowest BCUT2D eigenvalue weighted by Gasteiger charge is -2.31. The average molecular weight is 270 g/mol. The number of halogens is 2. The third-order valence-electron chi connectivity index (χ3n) is 2.94. The number of nitrogens with zero attached hydrogens (tertiary/aromatic N) is 4. The standard InChI is InChI=1S/C11H12F2N4O2/c12-11(13)3-5-17(6-4-11)10(18)9-2-1-8(19-9)7-15-16-14/h1-2H,3-7H2. The van der Waals surface area contributed by atoms with Gasteiger partial charge in [-0.15, -0.1) is 0 Å². The molecule has 0 unspecified atom stereocenters. The molecule has 1 fully saturated rings. The van der Waals surface area contributed by atoms with Crippen LogP contribution in [0.3, 0.4) is 0 Å². The summed E-state index contributed by atoms with van der Waals surface area (Å²) >= 11 is 0. The molecule has 1 amide bonds. The van der Waals surface area contributed by atoms with Gasteiger partial charge in [-0.2, -0.15) is 0 Å². The second kappa shape index (κ2) is 5.27. The van der Waals surface area contributed by atoms with Crippen LogP contribution in [0.1, 0.15) is 29.2 Å². The molecule has 1 aliphatic rings. The second-order valence-corrected chi connectivity index (χ2v) is 4.30. The Morgan fingerprint density at radius 2 is 2.16 bits per heavy atom. The molecule has 2 rings (SSSR count). The number of hydrogen-bond donors (Lipinski definition) is 0. The van der Waals surface area contributed by atoms with Gasteiger partial charge in [-0.1, -0.05) is 5.11 Å². The zero-order chi connectivity index (χ0) is 13.9. The number of alkyl halides is 2. The average Bonchev–Trinajstić information content (AvgIpc) is 2.84. The molecule has 1 saturated heterocycles. The Morgan fingerprint density at radius 3 is 2.79 bits per heavy atom. The van der Waals surface area contributed by atoms with Gasteiger partial charge in [0.2, 0.25) is 0 Å². The van der Waals surface area contributed by atoms with E-state index in [0.717, 1.165) is 0 Å². The van der Waals surface area contributed by atoms with Gasteiger partial charge in [-0.25, -0.2) is 8.78 Å². The highest BCUT2D eigenvalue weighted by Gasteiger charge is 2.36. The maximum atomic E-state index is 13.0. The molecule has 102 valence electrons. The molecule has 1 aromatic rings. The van der Waals surface area contributed by atoms with Gasteiger partial charge >= 0.3 is 0 Å². The van der Waals surface area contributed by atoms with Crippen LogP contribution in [0.4, 0.5) is 8.78 Å². The maximum Gasteiger partial charge on any atom is 0.289 e. The Hall–Kier alpha value is -2.08. The highest BCUT2D eigenvalue weighted by Crippen LogP contribution is 2.28. The van der Waals surface area contributed by atoms with Crippen molar-refractivity contribution in [2.24, 2.45) is 5.11 Å². The number of hydrogen-bond acceptors (Lipinski definition) is 3. The van der Waals surface area contributed by atoms with E-state index in [4.69, 9.17) is 9.95 Å². The number of piperidine rings is 1. The summed E-state index contributed by atoms with van der Waals surface area (Å²) in [4.78, 5) is 15.9. The van der Waals surface area contributed by atoms with Gasteiger partial charge in [0.15, 0.2) is 5.76 Å². The predicted molar refractivity (Wildman–Crippen MR) is 61.6 cm³/mol. The molecule has 0 aliphatic carbocycles. The minimum Gasteiger partial charge on any atom is -0.456 e. The Kier molecular flexibility index (Phi) is 3.71. The summed E-state index contributed by atoms with van der Waals surface area (Å²) in [5.41, 5.74) is 8.17. The normalized spacial score (nSPS) is 17.9. The van der Waals surface area contributed by atoms with Crippen molar-refractivity contribution in [2.75, 3.05) is 13.1 Å². The Balaban J connectivity index is 2.00. The van der Waals surface area contributed by atoms with Crippen LogP contribution in [0.15, 0.2) is 21.7 Å². The molecule has 2 heterocycles. The quantitative estimate of drug-likeness (QED) is 0.480. The van der Waals surface area contributed by atoms with Crippen LogP contribution < -0.4 is 0 Å². The van der Waals surface area contributed by atoms with E-state index < -0.39 is 11.8 Å². The fourth-order valence-corrected chi connectivity index (χ4v) is 1.87. The van der Waals surface area contributed by atoms with E-state index in [9.17, 15) is 13.6 Å². The third kappa shape index (κ3) is 3.23. The molecule has 0 spiro atoms. The molecule has 8 heteroatoms. The van der Waals surface area contributed by atoms with E-state index in [0.29, 0.717) is 5.76 Å². The van der Waals surface area contributed by atoms with Crippen LogP contribution in [0.2, 0.25) is 0 Å². The number of likely N-dealkylation sites (tertiary alicyclic amines) is 1. The number of rotatable bonds is 3. The number of azide groups is 1. The number of carbonyl (C=O) groups excluding carboxylic acids is 1. The van der Waals surface area contributed by atoms with Gasteiger partial charge in [0, 0.05) is 30.8 Å². The summed E-state index contributed by atoms with van der Waals surface area (Å²) < 4.78 is 31.2. The Morgan fingerprint density at radius 1 is 1.47 bits per heavy atom. The summed E-state index contributed by atoms with van der Waals surface area (Å²) in [6, 6.07) is 2.98. The zero-order valence-electron chi connectivity index (χ0n) is 10.1. The fourth-order valence-electron chi connectivity index (χ4n) is 1.87. The minimum absolute atomic E-state index is 0.0121. The van der Waals surface area contributed by atoms with Crippen molar-refractivity contribution in [1.82, 2.24) is 4.90 Å². The van der Waals surface area contributed by atoms with Gasteiger partial charge in [-0.3, -0.25) is 4.79 Å². The van der Waals surface area contributed by atoms with E-state index in [1.54, 1.807) is 0 Å². The van der Waals surface area contributed by atoms with Gasteiger partial charge in [0.05, 0.1) is 6.54 Å². The van der Waals surface area contributed by atoms with Crippen molar-refractivity contribution in [2.45, 2.75) is 25.3 Å². The minimum atomic E-state index is -2.69. The molecule has 1 aliphatic heterocycles. The third-order valence-corrected chi connectivity index (χ3v) is 2.94. The zero-order valence-corrected chi connectivity index (χ0v) is 10.1. The SMILES string of the molecule is [N-]=[N+]=NCc1ccc(C(=O)N2CCC(F)(F)CC2)o1. The van der Waals surface area contributed by atoms with E-state index >= 15 is 0 Å². The van der Waals surface area contributed by atoms with E-state index in [2.05, 4.69) is 10.0 Å². The van der Waals surface area contributed by atoms with Crippen molar-refractivity contribution in [3.8, 4) is 0 Å². The van der Waals surface area contributed by atoms with Crippen LogP contribution >= 0.6 is 0 Å². The fraction of sp³-hybridized carbons (Fsp3) is 0.545. The first-order chi connectivity index (χ1) is 9.02. The molecule has 6 nitrogen and oxygen atoms in total.